The Kier molecular flexibility index (Phi) is 2.95. The summed E-state index contributed by atoms with van der Waals surface area (Å²) < 4.78 is 0.368. The normalized spacial score (nSPS) is 16.8. The lowest BCUT2D eigenvalue weighted by Crippen LogP contribution is -2.49. The number of carbonyl (C=O) groups excluding carboxylic acids is 1. The predicted octanol–water partition coefficient (Wildman–Crippen LogP) is -0.189. The van der Waals surface area contributed by atoms with E-state index >= 15 is 0 Å². The number of hydrogen-bond donors (Lipinski definition) is 1. The summed E-state index contributed by atoms with van der Waals surface area (Å²) in [7, 11) is 1.76. The molecule has 1 aliphatic heterocycles. The second-order valence-corrected chi connectivity index (χ2v) is 4.40. The van der Waals surface area contributed by atoms with E-state index in [-0.39, 0.29) is 18.0 Å². The van der Waals surface area contributed by atoms with Gasteiger partial charge in [-0.1, -0.05) is 0 Å². The zero-order valence-electron chi connectivity index (χ0n) is 8.73. The predicted molar refractivity (Wildman–Crippen MR) is 62.4 cm³/mol. The maximum absolute atomic E-state index is 11.5. The molecule has 6 nitrogen and oxygen atoms in total. The standard InChI is InChI=1S/C9H11BrN4O2/c1-13-2-3-14(4-6(13)15)8-7(10)9(16)12-5-11-8/h5H,2-4H2,1H3,(H,11,12,16). The summed E-state index contributed by atoms with van der Waals surface area (Å²) in [4.78, 5) is 32.9. The van der Waals surface area contributed by atoms with Crippen LogP contribution < -0.4 is 10.5 Å². The summed E-state index contributed by atoms with van der Waals surface area (Å²) in [6.45, 7) is 1.57. The third-order valence-corrected chi connectivity index (χ3v) is 3.25. The van der Waals surface area contributed by atoms with Crippen LogP contribution in [0.3, 0.4) is 0 Å². The van der Waals surface area contributed by atoms with Gasteiger partial charge in [-0.25, -0.2) is 4.98 Å². The lowest BCUT2D eigenvalue weighted by Gasteiger charge is -2.32. The van der Waals surface area contributed by atoms with Crippen LogP contribution in [0, 0.1) is 0 Å². The van der Waals surface area contributed by atoms with Crippen LogP contribution in [0.2, 0.25) is 0 Å². The Morgan fingerprint density at radius 1 is 1.44 bits per heavy atom. The van der Waals surface area contributed by atoms with Gasteiger partial charge in [0.05, 0.1) is 12.9 Å². The summed E-state index contributed by atoms with van der Waals surface area (Å²) in [6.07, 6.45) is 1.34. The molecule has 0 saturated carbocycles. The summed E-state index contributed by atoms with van der Waals surface area (Å²) in [5.74, 6) is 0.547. The van der Waals surface area contributed by atoms with Crippen molar-refractivity contribution < 1.29 is 4.79 Å². The molecule has 7 heteroatoms. The first-order chi connectivity index (χ1) is 7.59. The van der Waals surface area contributed by atoms with Gasteiger partial charge in [0.2, 0.25) is 5.91 Å². The first kappa shape index (κ1) is 11.1. The van der Waals surface area contributed by atoms with E-state index in [0.717, 1.165) is 0 Å². The van der Waals surface area contributed by atoms with Crippen LogP contribution in [0.4, 0.5) is 5.82 Å². The molecule has 1 N–H and O–H groups in total. The van der Waals surface area contributed by atoms with Gasteiger partial charge in [0.15, 0.2) is 5.82 Å². The van der Waals surface area contributed by atoms with Gasteiger partial charge < -0.3 is 14.8 Å². The molecule has 1 aliphatic rings. The molecule has 0 aliphatic carbocycles. The fraction of sp³-hybridized carbons (Fsp3) is 0.444. The number of hydrogen-bond acceptors (Lipinski definition) is 4. The van der Waals surface area contributed by atoms with Crippen LogP contribution in [-0.4, -0.2) is 47.5 Å². The molecule has 1 saturated heterocycles. The maximum Gasteiger partial charge on any atom is 0.267 e. The molecule has 0 unspecified atom stereocenters. The van der Waals surface area contributed by atoms with Gasteiger partial charge in [-0.3, -0.25) is 9.59 Å². The van der Waals surface area contributed by atoms with Crippen LogP contribution in [0.15, 0.2) is 15.6 Å². The number of aromatic amines is 1. The molecule has 86 valence electrons. The van der Waals surface area contributed by atoms with Crippen molar-refractivity contribution in [3.63, 3.8) is 0 Å². The van der Waals surface area contributed by atoms with Crippen molar-refractivity contribution in [3.8, 4) is 0 Å². The summed E-state index contributed by atoms with van der Waals surface area (Å²) in [5.41, 5.74) is -0.239. The summed E-state index contributed by atoms with van der Waals surface area (Å²) >= 11 is 3.18. The Morgan fingerprint density at radius 2 is 2.19 bits per heavy atom. The van der Waals surface area contributed by atoms with Crippen LogP contribution >= 0.6 is 15.9 Å². The zero-order chi connectivity index (χ0) is 11.7. The van der Waals surface area contributed by atoms with Crippen LogP contribution in [0.1, 0.15) is 0 Å². The molecule has 1 amide bonds. The van der Waals surface area contributed by atoms with Crippen molar-refractivity contribution in [1.29, 1.82) is 0 Å². The number of carbonyl (C=O) groups is 1. The van der Waals surface area contributed by atoms with Crippen molar-refractivity contribution in [2.45, 2.75) is 0 Å². The van der Waals surface area contributed by atoms with Crippen molar-refractivity contribution in [1.82, 2.24) is 14.9 Å². The molecule has 16 heavy (non-hydrogen) atoms. The van der Waals surface area contributed by atoms with E-state index in [2.05, 4.69) is 25.9 Å². The lowest BCUT2D eigenvalue weighted by molar-refractivity contribution is -0.129. The van der Waals surface area contributed by atoms with Gasteiger partial charge in [-0.05, 0) is 15.9 Å². The van der Waals surface area contributed by atoms with E-state index in [1.807, 2.05) is 0 Å². The number of aromatic nitrogens is 2. The van der Waals surface area contributed by atoms with Gasteiger partial charge in [-0.2, -0.15) is 0 Å². The Hall–Kier alpha value is -1.37. The van der Waals surface area contributed by atoms with Crippen molar-refractivity contribution >= 4 is 27.7 Å². The summed E-state index contributed by atoms with van der Waals surface area (Å²) in [6, 6.07) is 0. The molecule has 2 rings (SSSR count). The fourth-order valence-corrected chi connectivity index (χ4v) is 2.00. The fourth-order valence-electron chi connectivity index (χ4n) is 1.53. The molecule has 1 aromatic heterocycles. The Bertz CT molecular complexity index is 473. The number of rotatable bonds is 1. The number of piperazine rings is 1. The van der Waals surface area contributed by atoms with Crippen molar-refractivity contribution in [2.75, 3.05) is 31.6 Å². The van der Waals surface area contributed by atoms with Crippen LogP contribution in [0.25, 0.3) is 0 Å². The van der Waals surface area contributed by atoms with E-state index in [1.54, 1.807) is 16.8 Å². The molecule has 0 spiro atoms. The number of nitrogens with zero attached hydrogens (tertiary/aromatic N) is 3. The molecule has 0 bridgehead atoms. The highest BCUT2D eigenvalue weighted by Crippen LogP contribution is 2.20. The quantitative estimate of drug-likeness (QED) is 0.777. The zero-order valence-corrected chi connectivity index (χ0v) is 10.3. The highest BCUT2D eigenvalue weighted by molar-refractivity contribution is 9.10. The van der Waals surface area contributed by atoms with Gasteiger partial charge >= 0.3 is 0 Å². The molecule has 1 aromatic rings. The number of anilines is 1. The molecular weight excluding hydrogens is 276 g/mol. The van der Waals surface area contributed by atoms with Gasteiger partial charge in [0, 0.05) is 20.1 Å². The first-order valence-corrected chi connectivity index (χ1v) is 5.61. The van der Waals surface area contributed by atoms with E-state index in [1.165, 1.54) is 6.33 Å². The molecular formula is C9H11BrN4O2. The van der Waals surface area contributed by atoms with Gasteiger partial charge in [0.1, 0.15) is 4.47 Å². The molecule has 1 fully saturated rings. The Labute approximate surface area is 100 Å². The second kappa shape index (κ2) is 4.25. The van der Waals surface area contributed by atoms with Crippen molar-refractivity contribution in [2.24, 2.45) is 0 Å². The van der Waals surface area contributed by atoms with Gasteiger partial charge in [-0.15, -0.1) is 0 Å². The summed E-state index contributed by atoms with van der Waals surface area (Å²) in [5, 5.41) is 0. The number of nitrogens with one attached hydrogen (secondary N) is 1. The number of amides is 1. The molecule has 0 radical (unpaired) electrons. The molecule has 2 heterocycles. The third-order valence-electron chi connectivity index (χ3n) is 2.53. The Morgan fingerprint density at radius 3 is 2.88 bits per heavy atom. The highest BCUT2D eigenvalue weighted by Gasteiger charge is 2.23. The minimum Gasteiger partial charge on any atom is -0.344 e. The smallest absolute Gasteiger partial charge is 0.267 e. The highest BCUT2D eigenvalue weighted by atomic mass is 79.9. The largest absolute Gasteiger partial charge is 0.344 e. The maximum atomic E-state index is 11.5. The van der Waals surface area contributed by atoms with E-state index < -0.39 is 0 Å². The lowest BCUT2D eigenvalue weighted by atomic mass is 10.3. The molecule has 0 atom stereocenters. The van der Waals surface area contributed by atoms with E-state index in [4.69, 9.17) is 0 Å². The SMILES string of the molecule is CN1CCN(c2nc[nH]c(=O)c2Br)CC1=O. The second-order valence-electron chi connectivity index (χ2n) is 3.61. The minimum absolute atomic E-state index is 0.0280. The average Bonchev–Trinajstić information content (AvgIpc) is 2.26. The van der Waals surface area contributed by atoms with E-state index in [9.17, 15) is 9.59 Å². The average molecular weight is 287 g/mol. The first-order valence-electron chi connectivity index (χ1n) is 4.81. The third kappa shape index (κ3) is 1.95. The van der Waals surface area contributed by atoms with Gasteiger partial charge in [0.25, 0.3) is 5.56 Å². The van der Waals surface area contributed by atoms with Crippen molar-refractivity contribution in [3.05, 3.63) is 21.2 Å². The van der Waals surface area contributed by atoms with Crippen LogP contribution in [-0.2, 0) is 4.79 Å². The topological polar surface area (TPSA) is 69.3 Å². The van der Waals surface area contributed by atoms with Crippen LogP contribution in [0.5, 0.6) is 0 Å². The van der Waals surface area contributed by atoms with E-state index in [0.29, 0.717) is 23.4 Å². The number of H-pyrrole nitrogens is 1. The number of likely N-dealkylation sites (N-methyl/N-ethyl adjacent to an activating group) is 1. The molecule has 0 aromatic carbocycles. The minimum atomic E-state index is -0.239. The number of halogens is 1. The monoisotopic (exact) mass is 286 g/mol. The Balaban J connectivity index is 2.29.